The van der Waals surface area contributed by atoms with Gasteiger partial charge in [0, 0.05) is 30.4 Å². The lowest BCUT2D eigenvalue weighted by Crippen LogP contribution is -2.33. The number of pyridine rings is 1. The summed E-state index contributed by atoms with van der Waals surface area (Å²) < 4.78 is 1.15. The van der Waals surface area contributed by atoms with E-state index in [0.29, 0.717) is 12.4 Å². The monoisotopic (exact) mass is 403 g/mol. The first-order valence-electron chi connectivity index (χ1n) is 9.73. The number of rotatable bonds is 5. The van der Waals surface area contributed by atoms with Crippen molar-refractivity contribution >= 4 is 23.3 Å². The smallest absolute Gasteiger partial charge is 0.278 e. The molecule has 0 saturated heterocycles. The van der Waals surface area contributed by atoms with Crippen LogP contribution in [-0.4, -0.2) is 33.1 Å². The van der Waals surface area contributed by atoms with Crippen LogP contribution in [-0.2, 0) is 17.8 Å². The first-order valence-corrected chi connectivity index (χ1v) is 9.73. The Hall–Kier alpha value is -3.81. The number of amides is 2. The molecule has 30 heavy (non-hydrogen) atoms. The van der Waals surface area contributed by atoms with E-state index >= 15 is 0 Å². The molecule has 1 aliphatic rings. The van der Waals surface area contributed by atoms with Crippen LogP contribution in [0.15, 0.2) is 59.4 Å². The Kier molecular flexibility index (Phi) is 5.38. The highest BCUT2D eigenvalue weighted by Gasteiger charge is 2.26. The number of fused-ring (bicyclic) bond motifs is 1. The normalized spacial score (nSPS) is 12.5. The van der Waals surface area contributed by atoms with E-state index in [-0.39, 0.29) is 36.0 Å². The first kappa shape index (κ1) is 19.5. The van der Waals surface area contributed by atoms with Gasteiger partial charge in [0.05, 0.1) is 6.54 Å². The largest absolute Gasteiger partial charge is 0.311 e. The number of para-hydroxylation sites is 1. The van der Waals surface area contributed by atoms with Gasteiger partial charge in [0.1, 0.15) is 11.5 Å². The summed E-state index contributed by atoms with van der Waals surface area (Å²) in [4.78, 5) is 43.2. The van der Waals surface area contributed by atoms with E-state index in [1.54, 1.807) is 17.0 Å². The van der Waals surface area contributed by atoms with Crippen LogP contribution in [0.2, 0.25) is 0 Å². The van der Waals surface area contributed by atoms with Crippen LogP contribution in [0.4, 0.5) is 11.5 Å². The van der Waals surface area contributed by atoms with Crippen LogP contribution in [0.3, 0.4) is 0 Å². The predicted octanol–water partition coefficient (Wildman–Crippen LogP) is 2.18. The molecule has 1 aromatic carbocycles. The second kappa shape index (κ2) is 8.28. The van der Waals surface area contributed by atoms with Crippen molar-refractivity contribution in [1.82, 2.24) is 14.8 Å². The maximum Gasteiger partial charge on any atom is 0.278 e. The van der Waals surface area contributed by atoms with Crippen molar-refractivity contribution in [3.63, 3.8) is 0 Å². The van der Waals surface area contributed by atoms with Gasteiger partial charge in [-0.05, 0) is 43.2 Å². The molecule has 3 aromatic rings. The maximum atomic E-state index is 12.9. The molecule has 0 radical (unpaired) electrons. The Morgan fingerprint density at radius 3 is 2.73 bits per heavy atom. The van der Waals surface area contributed by atoms with Crippen molar-refractivity contribution in [2.24, 2.45) is 0 Å². The Labute approximate surface area is 173 Å². The van der Waals surface area contributed by atoms with Gasteiger partial charge in [-0.1, -0.05) is 24.3 Å². The Bertz CT molecular complexity index is 1170. The molecule has 3 heterocycles. The summed E-state index contributed by atoms with van der Waals surface area (Å²) in [5.74, 6) is -0.0916. The number of carbonyl (C=O) groups excluding carboxylic acids is 2. The molecule has 8 nitrogen and oxygen atoms in total. The van der Waals surface area contributed by atoms with Crippen molar-refractivity contribution < 1.29 is 9.59 Å². The van der Waals surface area contributed by atoms with Crippen LogP contribution < -0.4 is 15.8 Å². The molecule has 1 aliphatic heterocycles. The van der Waals surface area contributed by atoms with Crippen LogP contribution in [0, 0.1) is 6.92 Å². The summed E-state index contributed by atoms with van der Waals surface area (Å²) in [6.45, 7) is 2.47. The van der Waals surface area contributed by atoms with Gasteiger partial charge < -0.3 is 10.2 Å². The number of nitrogens with zero attached hydrogens (tertiary/aromatic N) is 4. The second-order valence-electron chi connectivity index (χ2n) is 7.08. The lowest BCUT2D eigenvalue weighted by Gasteiger charge is -2.17. The van der Waals surface area contributed by atoms with Gasteiger partial charge in [-0.3, -0.25) is 14.4 Å². The molecule has 0 aliphatic carbocycles. The molecule has 1 N–H and O–H groups in total. The molecule has 2 amide bonds. The number of carbonyl (C=O) groups is 2. The minimum Gasteiger partial charge on any atom is -0.311 e. The average molecular weight is 403 g/mol. The van der Waals surface area contributed by atoms with Crippen molar-refractivity contribution in [2.45, 2.75) is 26.3 Å². The van der Waals surface area contributed by atoms with Crippen LogP contribution in [0.25, 0.3) is 0 Å². The van der Waals surface area contributed by atoms with Gasteiger partial charge >= 0.3 is 0 Å². The predicted molar refractivity (Wildman–Crippen MR) is 113 cm³/mol. The number of nitrogens with one attached hydrogen (secondary N) is 1. The highest BCUT2D eigenvalue weighted by molar-refractivity contribution is 6.05. The molecule has 0 atom stereocenters. The SMILES string of the molecule is Cc1cccc(NC(=O)CCn2nc(C(=O)N3CCc4ccccc43)ccc2=O)n1. The number of hydrogen-bond donors (Lipinski definition) is 1. The zero-order chi connectivity index (χ0) is 21.1. The van der Waals surface area contributed by atoms with E-state index in [2.05, 4.69) is 15.4 Å². The van der Waals surface area contributed by atoms with Gasteiger partial charge in [0.2, 0.25) is 5.91 Å². The molecule has 152 valence electrons. The number of benzene rings is 1. The lowest BCUT2D eigenvalue weighted by molar-refractivity contribution is -0.116. The molecular formula is C22H21N5O3. The van der Waals surface area contributed by atoms with Crippen molar-refractivity contribution in [1.29, 1.82) is 0 Å². The quantitative estimate of drug-likeness (QED) is 0.704. The third-order valence-corrected chi connectivity index (χ3v) is 4.92. The van der Waals surface area contributed by atoms with Gasteiger partial charge in [-0.2, -0.15) is 5.10 Å². The van der Waals surface area contributed by atoms with Crippen molar-refractivity contribution in [3.8, 4) is 0 Å². The summed E-state index contributed by atoms with van der Waals surface area (Å²) >= 11 is 0. The summed E-state index contributed by atoms with van der Waals surface area (Å²) in [5, 5.41) is 6.90. The fourth-order valence-electron chi connectivity index (χ4n) is 3.44. The van der Waals surface area contributed by atoms with E-state index in [1.807, 2.05) is 37.3 Å². The van der Waals surface area contributed by atoms with E-state index in [4.69, 9.17) is 0 Å². The molecule has 0 unspecified atom stereocenters. The fourth-order valence-corrected chi connectivity index (χ4v) is 3.44. The van der Waals surface area contributed by atoms with E-state index < -0.39 is 0 Å². The van der Waals surface area contributed by atoms with Gasteiger partial charge in [-0.25, -0.2) is 9.67 Å². The lowest BCUT2D eigenvalue weighted by atomic mass is 10.2. The molecule has 0 spiro atoms. The summed E-state index contributed by atoms with van der Waals surface area (Å²) in [7, 11) is 0. The van der Waals surface area contributed by atoms with E-state index in [9.17, 15) is 14.4 Å². The molecule has 8 heteroatoms. The third-order valence-electron chi connectivity index (χ3n) is 4.92. The van der Waals surface area contributed by atoms with Crippen molar-refractivity contribution in [2.75, 3.05) is 16.8 Å². The molecule has 0 bridgehead atoms. The molecule has 2 aromatic heterocycles. The zero-order valence-corrected chi connectivity index (χ0v) is 16.5. The standard InChI is InChI=1S/C22H21N5O3/c1-15-5-4-8-19(23-15)24-20(28)12-14-27-21(29)10-9-17(25-27)22(30)26-13-11-16-6-2-3-7-18(16)26/h2-10H,11-14H2,1H3,(H,23,24,28). The number of anilines is 2. The van der Waals surface area contributed by atoms with Gasteiger partial charge in [0.15, 0.2) is 0 Å². The van der Waals surface area contributed by atoms with Gasteiger partial charge in [-0.15, -0.1) is 0 Å². The van der Waals surface area contributed by atoms with Gasteiger partial charge in [0.25, 0.3) is 11.5 Å². The van der Waals surface area contributed by atoms with E-state index in [0.717, 1.165) is 28.0 Å². The fraction of sp³-hybridized carbons (Fsp3) is 0.227. The molecule has 0 fully saturated rings. The topological polar surface area (TPSA) is 97.2 Å². The average Bonchev–Trinajstić information content (AvgIpc) is 3.17. The number of aryl methyl sites for hydroxylation is 2. The second-order valence-corrected chi connectivity index (χ2v) is 7.08. The Balaban J connectivity index is 1.45. The highest BCUT2D eigenvalue weighted by Crippen LogP contribution is 2.28. The zero-order valence-electron chi connectivity index (χ0n) is 16.5. The summed E-state index contributed by atoms with van der Waals surface area (Å²) in [5.41, 5.74) is 2.58. The van der Waals surface area contributed by atoms with Crippen LogP contribution >= 0.6 is 0 Å². The molecular weight excluding hydrogens is 382 g/mol. The molecule has 4 rings (SSSR count). The van der Waals surface area contributed by atoms with Crippen LogP contribution in [0.5, 0.6) is 0 Å². The summed E-state index contributed by atoms with van der Waals surface area (Å²) in [6, 6.07) is 15.8. The Morgan fingerprint density at radius 2 is 1.90 bits per heavy atom. The summed E-state index contributed by atoms with van der Waals surface area (Å²) in [6.07, 6.45) is 0.821. The van der Waals surface area contributed by atoms with Crippen LogP contribution in [0.1, 0.15) is 28.2 Å². The highest BCUT2D eigenvalue weighted by atomic mass is 16.2. The third kappa shape index (κ3) is 4.12. The molecule has 0 saturated carbocycles. The number of hydrogen-bond acceptors (Lipinski definition) is 5. The van der Waals surface area contributed by atoms with Crippen molar-refractivity contribution in [3.05, 3.63) is 81.9 Å². The maximum absolute atomic E-state index is 12.9. The first-order chi connectivity index (χ1) is 14.5. The minimum absolute atomic E-state index is 0.0344. The van der Waals surface area contributed by atoms with E-state index in [1.165, 1.54) is 12.1 Å². The Morgan fingerprint density at radius 1 is 1.07 bits per heavy atom. The number of aromatic nitrogens is 3. The minimum atomic E-state index is -0.366.